The number of anilines is 1. The lowest BCUT2D eigenvalue weighted by molar-refractivity contribution is 0.214. The summed E-state index contributed by atoms with van der Waals surface area (Å²) in [7, 11) is 3.83. The van der Waals surface area contributed by atoms with Gasteiger partial charge in [-0.2, -0.15) is 4.98 Å². The zero-order valence-electron chi connectivity index (χ0n) is 9.10. The SMILES string of the molecule is CN(C)c1nccc(OC2CCNC2)n1. The molecule has 0 bridgehead atoms. The van der Waals surface area contributed by atoms with E-state index >= 15 is 0 Å². The molecule has 1 aromatic rings. The smallest absolute Gasteiger partial charge is 0.228 e. The van der Waals surface area contributed by atoms with Crippen LogP contribution in [0, 0.1) is 0 Å². The molecule has 5 nitrogen and oxygen atoms in total. The van der Waals surface area contributed by atoms with Gasteiger partial charge in [0.15, 0.2) is 0 Å². The second-order valence-electron chi connectivity index (χ2n) is 3.82. The van der Waals surface area contributed by atoms with E-state index in [0.717, 1.165) is 19.5 Å². The third-order valence-corrected chi connectivity index (χ3v) is 2.32. The molecule has 1 aliphatic heterocycles. The van der Waals surface area contributed by atoms with Crippen LogP contribution in [0.2, 0.25) is 0 Å². The summed E-state index contributed by atoms with van der Waals surface area (Å²) in [5, 5.41) is 3.25. The first-order valence-electron chi connectivity index (χ1n) is 5.13. The van der Waals surface area contributed by atoms with Crippen LogP contribution in [0.1, 0.15) is 6.42 Å². The van der Waals surface area contributed by atoms with Crippen molar-refractivity contribution in [2.75, 3.05) is 32.1 Å². The molecule has 0 amide bonds. The number of nitrogens with zero attached hydrogens (tertiary/aromatic N) is 3. The van der Waals surface area contributed by atoms with Crippen molar-refractivity contribution in [1.29, 1.82) is 0 Å². The van der Waals surface area contributed by atoms with E-state index in [1.807, 2.05) is 19.0 Å². The maximum atomic E-state index is 5.73. The fourth-order valence-corrected chi connectivity index (χ4v) is 1.51. The summed E-state index contributed by atoms with van der Waals surface area (Å²) in [6, 6.07) is 1.80. The highest BCUT2D eigenvalue weighted by Gasteiger charge is 2.16. The Hall–Kier alpha value is -1.36. The van der Waals surface area contributed by atoms with Crippen molar-refractivity contribution in [1.82, 2.24) is 15.3 Å². The average molecular weight is 208 g/mol. The minimum Gasteiger partial charge on any atom is -0.473 e. The molecule has 1 unspecified atom stereocenters. The van der Waals surface area contributed by atoms with E-state index in [-0.39, 0.29) is 6.10 Å². The van der Waals surface area contributed by atoms with Crippen LogP contribution >= 0.6 is 0 Å². The van der Waals surface area contributed by atoms with Crippen molar-refractivity contribution in [2.24, 2.45) is 0 Å². The van der Waals surface area contributed by atoms with Gasteiger partial charge in [-0.3, -0.25) is 0 Å². The van der Waals surface area contributed by atoms with Crippen molar-refractivity contribution < 1.29 is 4.74 Å². The third-order valence-electron chi connectivity index (χ3n) is 2.32. The maximum Gasteiger partial charge on any atom is 0.228 e. The van der Waals surface area contributed by atoms with Gasteiger partial charge in [0.05, 0.1) is 0 Å². The normalized spacial score (nSPS) is 20.3. The summed E-state index contributed by atoms with van der Waals surface area (Å²) in [6.07, 6.45) is 3.01. The molecule has 1 aromatic heterocycles. The molecule has 0 spiro atoms. The first kappa shape index (κ1) is 10.2. The lowest BCUT2D eigenvalue weighted by Crippen LogP contribution is -2.21. The predicted molar refractivity (Wildman–Crippen MR) is 58.3 cm³/mol. The third kappa shape index (κ3) is 2.56. The molecule has 0 aliphatic carbocycles. The molecule has 0 aromatic carbocycles. The van der Waals surface area contributed by atoms with Gasteiger partial charge in [0.2, 0.25) is 11.8 Å². The van der Waals surface area contributed by atoms with Crippen molar-refractivity contribution in [3.8, 4) is 5.88 Å². The second kappa shape index (κ2) is 4.44. The van der Waals surface area contributed by atoms with E-state index in [9.17, 15) is 0 Å². The average Bonchev–Trinajstić information content (AvgIpc) is 2.71. The number of ether oxygens (including phenoxy) is 1. The van der Waals surface area contributed by atoms with Crippen LogP contribution in [-0.4, -0.2) is 43.3 Å². The summed E-state index contributed by atoms with van der Waals surface area (Å²) in [4.78, 5) is 10.3. The van der Waals surface area contributed by atoms with E-state index < -0.39 is 0 Å². The summed E-state index contributed by atoms with van der Waals surface area (Å²) < 4.78 is 5.73. The molecular formula is C10H16N4O. The van der Waals surface area contributed by atoms with Crippen molar-refractivity contribution >= 4 is 5.95 Å². The molecule has 0 saturated carbocycles. The van der Waals surface area contributed by atoms with Gasteiger partial charge >= 0.3 is 0 Å². The van der Waals surface area contributed by atoms with Gasteiger partial charge in [-0.1, -0.05) is 0 Å². The van der Waals surface area contributed by atoms with Crippen LogP contribution in [0.5, 0.6) is 5.88 Å². The number of nitrogens with one attached hydrogen (secondary N) is 1. The maximum absolute atomic E-state index is 5.73. The molecule has 2 heterocycles. The molecule has 1 atom stereocenters. The standard InChI is InChI=1S/C10H16N4O/c1-14(2)10-12-6-4-9(13-10)15-8-3-5-11-7-8/h4,6,8,11H,3,5,7H2,1-2H3. The van der Waals surface area contributed by atoms with Crippen LogP contribution in [-0.2, 0) is 0 Å². The fourth-order valence-electron chi connectivity index (χ4n) is 1.51. The van der Waals surface area contributed by atoms with Crippen LogP contribution < -0.4 is 15.0 Å². The van der Waals surface area contributed by atoms with E-state index in [1.165, 1.54) is 0 Å². The number of rotatable bonds is 3. The van der Waals surface area contributed by atoms with Gasteiger partial charge in [0.25, 0.3) is 0 Å². The van der Waals surface area contributed by atoms with Crippen molar-refractivity contribution in [3.05, 3.63) is 12.3 Å². The van der Waals surface area contributed by atoms with Crippen LogP contribution in [0.4, 0.5) is 5.95 Å². The Kier molecular flexibility index (Phi) is 3.01. The van der Waals surface area contributed by atoms with Crippen LogP contribution in [0.3, 0.4) is 0 Å². The van der Waals surface area contributed by atoms with Gasteiger partial charge in [0, 0.05) is 32.9 Å². The number of hydrogen-bond donors (Lipinski definition) is 1. The molecule has 1 aliphatic rings. The highest BCUT2D eigenvalue weighted by molar-refractivity contribution is 5.29. The zero-order valence-corrected chi connectivity index (χ0v) is 9.10. The van der Waals surface area contributed by atoms with Crippen LogP contribution in [0.15, 0.2) is 12.3 Å². The molecule has 1 saturated heterocycles. The minimum atomic E-state index is 0.245. The van der Waals surface area contributed by atoms with E-state index in [4.69, 9.17) is 4.74 Å². The molecule has 5 heteroatoms. The van der Waals surface area contributed by atoms with Crippen molar-refractivity contribution in [3.63, 3.8) is 0 Å². The number of aromatic nitrogens is 2. The lowest BCUT2D eigenvalue weighted by Gasteiger charge is -2.14. The Morgan fingerprint density at radius 3 is 3.07 bits per heavy atom. The Labute approximate surface area is 89.5 Å². The first-order valence-corrected chi connectivity index (χ1v) is 5.13. The first-order chi connectivity index (χ1) is 7.25. The van der Waals surface area contributed by atoms with E-state index in [2.05, 4.69) is 15.3 Å². The predicted octanol–water partition coefficient (Wildman–Crippen LogP) is 0.283. The summed E-state index contributed by atoms with van der Waals surface area (Å²) >= 11 is 0. The van der Waals surface area contributed by atoms with Gasteiger partial charge in [-0.25, -0.2) is 4.98 Å². The molecule has 1 N–H and O–H groups in total. The minimum absolute atomic E-state index is 0.245. The van der Waals surface area contributed by atoms with Gasteiger partial charge in [0.1, 0.15) is 6.10 Å². The molecule has 0 radical (unpaired) electrons. The van der Waals surface area contributed by atoms with Gasteiger partial charge in [-0.05, 0) is 13.0 Å². The lowest BCUT2D eigenvalue weighted by atomic mass is 10.3. The van der Waals surface area contributed by atoms with Gasteiger partial charge < -0.3 is 15.0 Å². The number of hydrogen-bond acceptors (Lipinski definition) is 5. The summed E-state index contributed by atoms with van der Waals surface area (Å²) in [6.45, 7) is 1.93. The highest BCUT2D eigenvalue weighted by atomic mass is 16.5. The highest BCUT2D eigenvalue weighted by Crippen LogP contribution is 2.14. The molecule has 15 heavy (non-hydrogen) atoms. The Morgan fingerprint density at radius 2 is 2.40 bits per heavy atom. The van der Waals surface area contributed by atoms with E-state index in [0.29, 0.717) is 11.8 Å². The van der Waals surface area contributed by atoms with Crippen molar-refractivity contribution in [2.45, 2.75) is 12.5 Å². The quantitative estimate of drug-likeness (QED) is 0.773. The molecule has 1 fully saturated rings. The Balaban J connectivity index is 2.04. The summed E-state index contributed by atoms with van der Waals surface area (Å²) in [5.41, 5.74) is 0. The Bertz CT molecular complexity index is 323. The molecule has 82 valence electrons. The monoisotopic (exact) mass is 208 g/mol. The Morgan fingerprint density at radius 1 is 1.53 bits per heavy atom. The molecular weight excluding hydrogens is 192 g/mol. The zero-order chi connectivity index (χ0) is 10.7. The molecule has 2 rings (SSSR count). The largest absolute Gasteiger partial charge is 0.473 e. The van der Waals surface area contributed by atoms with Crippen LogP contribution in [0.25, 0.3) is 0 Å². The fraction of sp³-hybridized carbons (Fsp3) is 0.600. The second-order valence-corrected chi connectivity index (χ2v) is 3.82. The summed E-state index contributed by atoms with van der Waals surface area (Å²) in [5.74, 6) is 1.33. The van der Waals surface area contributed by atoms with E-state index in [1.54, 1.807) is 12.3 Å². The topological polar surface area (TPSA) is 50.3 Å². The van der Waals surface area contributed by atoms with Gasteiger partial charge in [-0.15, -0.1) is 0 Å².